The van der Waals surface area contributed by atoms with Crippen LogP contribution in [0.5, 0.6) is 0 Å². The van der Waals surface area contributed by atoms with Gasteiger partial charge in [-0.05, 0) is 39.2 Å². The van der Waals surface area contributed by atoms with Crippen molar-refractivity contribution in [3.63, 3.8) is 0 Å². The van der Waals surface area contributed by atoms with Crippen molar-refractivity contribution in [1.82, 2.24) is 24.3 Å². The van der Waals surface area contributed by atoms with Crippen molar-refractivity contribution < 1.29 is 24.1 Å². The highest BCUT2D eigenvalue weighted by Crippen LogP contribution is 2.18. The standard InChI is InChI=1S/C23H27N7O6/c1-27(2)7-5-6-24-22(33)19-9-15(13-29(19)4)26-23(34)18-8-14(12-28(18)3)20(31)21(32)17-10-16(11-25-17)30(35)36/h8-13,25H,5-7H2,1-4H3,(H,24,33)(H,26,34). The number of hydrogen-bond acceptors (Lipinski definition) is 7. The van der Waals surface area contributed by atoms with Crippen molar-refractivity contribution in [2.24, 2.45) is 14.1 Å². The van der Waals surface area contributed by atoms with Crippen molar-refractivity contribution in [2.45, 2.75) is 6.42 Å². The highest BCUT2D eigenvalue weighted by Gasteiger charge is 2.25. The number of H-pyrrole nitrogens is 1. The third-order valence-corrected chi connectivity index (χ3v) is 5.39. The Bertz CT molecular complexity index is 1330. The molecule has 2 amide bonds. The highest BCUT2D eigenvalue weighted by atomic mass is 16.6. The van der Waals surface area contributed by atoms with Crippen LogP contribution in [-0.4, -0.2) is 74.5 Å². The Hall–Kier alpha value is -4.52. The van der Waals surface area contributed by atoms with E-state index in [4.69, 9.17) is 0 Å². The molecule has 0 aliphatic carbocycles. The van der Waals surface area contributed by atoms with E-state index in [-0.39, 0.29) is 28.5 Å². The van der Waals surface area contributed by atoms with E-state index in [9.17, 15) is 29.3 Å². The minimum Gasteiger partial charge on any atom is -0.352 e. The van der Waals surface area contributed by atoms with E-state index < -0.39 is 22.4 Å². The molecule has 0 fully saturated rings. The van der Waals surface area contributed by atoms with Crippen LogP contribution in [0.25, 0.3) is 0 Å². The Labute approximate surface area is 206 Å². The number of aromatic nitrogens is 3. The van der Waals surface area contributed by atoms with Gasteiger partial charge in [0, 0.05) is 44.7 Å². The summed E-state index contributed by atoms with van der Waals surface area (Å²) >= 11 is 0. The Morgan fingerprint density at radius 2 is 1.67 bits per heavy atom. The Morgan fingerprint density at radius 3 is 2.31 bits per heavy atom. The fraction of sp³-hybridized carbons (Fsp3) is 0.304. The first-order valence-corrected chi connectivity index (χ1v) is 11.0. The monoisotopic (exact) mass is 497 g/mol. The van der Waals surface area contributed by atoms with Gasteiger partial charge in [-0.15, -0.1) is 0 Å². The van der Waals surface area contributed by atoms with E-state index in [1.807, 2.05) is 19.0 Å². The van der Waals surface area contributed by atoms with Crippen molar-refractivity contribution in [1.29, 1.82) is 0 Å². The van der Waals surface area contributed by atoms with Crippen LogP contribution >= 0.6 is 0 Å². The molecule has 3 rings (SSSR count). The summed E-state index contributed by atoms with van der Waals surface area (Å²) in [4.78, 5) is 64.9. The number of amides is 2. The average molecular weight is 498 g/mol. The molecular weight excluding hydrogens is 470 g/mol. The van der Waals surface area contributed by atoms with Crippen LogP contribution in [0, 0.1) is 10.1 Å². The van der Waals surface area contributed by atoms with Crippen LogP contribution in [0.2, 0.25) is 0 Å². The lowest BCUT2D eigenvalue weighted by molar-refractivity contribution is -0.384. The minimum absolute atomic E-state index is 0.0456. The molecule has 0 spiro atoms. The number of ketones is 2. The van der Waals surface area contributed by atoms with Crippen molar-refractivity contribution in [3.05, 3.63) is 69.5 Å². The van der Waals surface area contributed by atoms with Crippen molar-refractivity contribution in [2.75, 3.05) is 32.5 Å². The normalized spacial score (nSPS) is 10.9. The molecule has 0 radical (unpaired) electrons. The Balaban J connectivity index is 1.67. The number of nitro groups is 1. The Kier molecular flexibility index (Phi) is 7.84. The van der Waals surface area contributed by atoms with Gasteiger partial charge in [0.2, 0.25) is 11.6 Å². The maximum Gasteiger partial charge on any atom is 0.287 e. The zero-order valence-corrected chi connectivity index (χ0v) is 20.3. The molecule has 3 N–H and O–H groups in total. The number of nitrogens with zero attached hydrogens (tertiary/aromatic N) is 4. The summed E-state index contributed by atoms with van der Waals surface area (Å²) in [7, 11) is 7.12. The summed E-state index contributed by atoms with van der Waals surface area (Å²) < 4.78 is 2.97. The minimum atomic E-state index is -0.968. The summed E-state index contributed by atoms with van der Waals surface area (Å²) in [6, 6.07) is 3.77. The molecule has 190 valence electrons. The summed E-state index contributed by atoms with van der Waals surface area (Å²) in [6.07, 6.45) is 4.72. The van der Waals surface area contributed by atoms with Crippen LogP contribution in [0.1, 0.15) is 48.2 Å². The van der Waals surface area contributed by atoms with Gasteiger partial charge in [-0.2, -0.15) is 0 Å². The van der Waals surface area contributed by atoms with Gasteiger partial charge in [-0.25, -0.2) is 0 Å². The molecule has 13 heteroatoms. The predicted molar refractivity (Wildman–Crippen MR) is 130 cm³/mol. The number of anilines is 1. The number of rotatable bonds is 11. The number of aryl methyl sites for hydroxylation is 2. The third kappa shape index (κ3) is 5.93. The largest absolute Gasteiger partial charge is 0.352 e. The molecule has 0 bridgehead atoms. The first-order valence-electron chi connectivity index (χ1n) is 11.0. The smallest absolute Gasteiger partial charge is 0.287 e. The predicted octanol–water partition coefficient (Wildman–Crippen LogP) is 1.60. The first kappa shape index (κ1) is 26.1. The molecule has 0 aliphatic rings. The quantitative estimate of drug-likeness (QED) is 0.119. The van der Waals surface area contributed by atoms with Crippen molar-refractivity contribution in [3.8, 4) is 0 Å². The van der Waals surface area contributed by atoms with E-state index in [0.29, 0.717) is 17.9 Å². The molecule has 0 aliphatic heterocycles. The van der Waals surface area contributed by atoms with Gasteiger partial charge in [-0.1, -0.05) is 0 Å². The van der Waals surface area contributed by atoms with Crippen molar-refractivity contribution >= 4 is 34.8 Å². The summed E-state index contributed by atoms with van der Waals surface area (Å²) in [5.41, 5.74) is 0.230. The molecule has 3 heterocycles. The summed E-state index contributed by atoms with van der Waals surface area (Å²) in [6.45, 7) is 1.35. The van der Waals surface area contributed by atoms with E-state index in [1.165, 1.54) is 29.9 Å². The molecule has 3 aromatic heterocycles. The van der Waals surface area contributed by atoms with E-state index in [0.717, 1.165) is 25.2 Å². The van der Waals surface area contributed by atoms with Crippen LogP contribution in [-0.2, 0) is 14.1 Å². The number of hydrogen-bond donors (Lipinski definition) is 3. The number of nitrogens with one attached hydrogen (secondary N) is 3. The molecule has 0 atom stereocenters. The maximum absolute atomic E-state index is 12.8. The van der Waals surface area contributed by atoms with Crippen LogP contribution in [0.3, 0.4) is 0 Å². The zero-order chi connectivity index (χ0) is 26.6. The maximum atomic E-state index is 12.8. The molecule has 0 saturated heterocycles. The second-order valence-electron chi connectivity index (χ2n) is 8.50. The molecule has 0 saturated carbocycles. The fourth-order valence-electron chi connectivity index (χ4n) is 3.53. The molecule has 0 aromatic carbocycles. The number of carbonyl (C=O) groups is 4. The second-order valence-corrected chi connectivity index (χ2v) is 8.50. The Morgan fingerprint density at radius 1 is 1.00 bits per heavy atom. The van der Waals surface area contributed by atoms with Gasteiger partial charge in [0.15, 0.2) is 0 Å². The fourth-order valence-corrected chi connectivity index (χ4v) is 3.53. The third-order valence-electron chi connectivity index (χ3n) is 5.39. The lowest BCUT2D eigenvalue weighted by atomic mass is 10.1. The zero-order valence-electron chi connectivity index (χ0n) is 20.3. The van der Waals surface area contributed by atoms with Gasteiger partial charge in [0.25, 0.3) is 17.5 Å². The topological polar surface area (TPSA) is 164 Å². The van der Waals surface area contributed by atoms with E-state index >= 15 is 0 Å². The highest BCUT2D eigenvalue weighted by molar-refractivity contribution is 6.49. The van der Waals surface area contributed by atoms with E-state index in [1.54, 1.807) is 17.8 Å². The number of Topliss-reactive ketones (excluding diaryl/α,β-unsaturated/α-hetero) is 2. The van der Waals surface area contributed by atoms with Gasteiger partial charge < -0.3 is 29.7 Å². The second kappa shape index (κ2) is 10.8. The molecule has 36 heavy (non-hydrogen) atoms. The molecule has 0 unspecified atom stereocenters. The van der Waals surface area contributed by atoms with Gasteiger partial charge in [-0.3, -0.25) is 29.3 Å². The first-order chi connectivity index (χ1) is 17.0. The molecule has 3 aromatic rings. The summed E-state index contributed by atoms with van der Waals surface area (Å²) in [5.74, 6) is -2.71. The van der Waals surface area contributed by atoms with Crippen LogP contribution in [0.15, 0.2) is 36.8 Å². The van der Waals surface area contributed by atoms with Gasteiger partial charge in [0.1, 0.15) is 11.4 Å². The number of carbonyl (C=O) groups excluding carboxylic acids is 4. The molecular formula is C23H27N7O6. The van der Waals surface area contributed by atoms with Gasteiger partial charge in [0.05, 0.1) is 22.5 Å². The SMILES string of the molecule is CN(C)CCCNC(=O)c1cc(NC(=O)c2cc(C(=O)C(=O)c3cc([N+](=O)[O-])c[nH]3)cn2C)cn1C. The van der Waals surface area contributed by atoms with Gasteiger partial charge >= 0.3 is 0 Å². The lowest BCUT2D eigenvalue weighted by Crippen LogP contribution is -2.28. The van der Waals surface area contributed by atoms with Crippen LogP contribution < -0.4 is 10.6 Å². The van der Waals surface area contributed by atoms with Crippen LogP contribution in [0.4, 0.5) is 11.4 Å². The molecule has 13 nitrogen and oxygen atoms in total. The van der Waals surface area contributed by atoms with E-state index in [2.05, 4.69) is 15.6 Å². The lowest BCUT2D eigenvalue weighted by Gasteiger charge is -2.10. The summed E-state index contributed by atoms with van der Waals surface area (Å²) in [5, 5.41) is 16.3. The number of aromatic amines is 1. The average Bonchev–Trinajstić information content (AvgIpc) is 3.54.